The van der Waals surface area contributed by atoms with Gasteiger partial charge < -0.3 is 9.53 Å². The van der Waals surface area contributed by atoms with Crippen molar-refractivity contribution in [2.24, 2.45) is 0 Å². The molecule has 9 heavy (non-hydrogen) atoms. The minimum Gasteiger partial charge on any atom is -0.452 e. The number of hydrogen-bond donors (Lipinski definition) is 0. The standard InChI is InChI=1S/C4H6ClNO3/c1-9-4(8)6(5)2-3-7/h3H,2H2,1H3. The minimum absolute atomic E-state index is 0.159. The largest absolute Gasteiger partial charge is 0.452 e. The third kappa shape index (κ3) is 2.92. The lowest BCUT2D eigenvalue weighted by Gasteiger charge is -2.06. The number of ether oxygens (including phenoxy) is 1. The molecule has 4 nitrogen and oxygen atoms in total. The van der Waals surface area contributed by atoms with Crippen molar-refractivity contribution in [3.63, 3.8) is 0 Å². The number of halogens is 1. The van der Waals surface area contributed by atoms with Crippen molar-refractivity contribution < 1.29 is 14.3 Å². The van der Waals surface area contributed by atoms with Crippen LogP contribution in [0.4, 0.5) is 4.79 Å². The zero-order chi connectivity index (χ0) is 7.28. The summed E-state index contributed by atoms with van der Waals surface area (Å²) in [4.78, 5) is 20.0. The van der Waals surface area contributed by atoms with Gasteiger partial charge in [0.15, 0.2) is 0 Å². The van der Waals surface area contributed by atoms with Gasteiger partial charge in [0.05, 0.1) is 13.7 Å². The summed E-state index contributed by atoms with van der Waals surface area (Å²) in [6.07, 6.45) is -0.229. The van der Waals surface area contributed by atoms with E-state index in [1.54, 1.807) is 0 Å². The zero-order valence-corrected chi connectivity index (χ0v) is 5.59. The number of carbonyl (C=O) groups excluding carboxylic acids is 2. The molecule has 0 aliphatic carbocycles. The normalized spacial score (nSPS) is 8.22. The molecule has 0 rings (SSSR count). The molecule has 0 heterocycles. The molecule has 0 aromatic carbocycles. The van der Waals surface area contributed by atoms with Gasteiger partial charge in [0.1, 0.15) is 6.29 Å². The number of nitrogens with zero attached hydrogens (tertiary/aromatic N) is 1. The molecular weight excluding hydrogens is 146 g/mol. The zero-order valence-electron chi connectivity index (χ0n) is 4.83. The number of aldehydes is 1. The molecule has 1 amide bonds. The quantitative estimate of drug-likeness (QED) is 0.424. The smallest absolute Gasteiger partial charge is 0.424 e. The molecule has 0 aromatic heterocycles. The van der Waals surface area contributed by atoms with Crippen molar-refractivity contribution in [2.75, 3.05) is 13.7 Å². The van der Waals surface area contributed by atoms with Gasteiger partial charge in [-0.3, -0.25) is 0 Å². The van der Waals surface area contributed by atoms with Gasteiger partial charge in [-0.05, 0) is 0 Å². The predicted octanol–water partition coefficient (Wildman–Crippen LogP) is 0.407. The van der Waals surface area contributed by atoms with Crippen LogP contribution in [-0.4, -0.2) is 30.5 Å². The monoisotopic (exact) mass is 151 g/mol. The number of amides is 1. The Kier molecular flexibility index (Phi) is 3.79. The van der Waals surface area contributed by atoms with Gasteiger partial charge >= 0.3 is 6.09 Å². The van der Waals surface area contributed by atoms with Gasteiger partial charge in [0, 0.05) is 11.8 Å². The SMILES string of the molecule is COC(=O)N(Cl)CC=O. The maximum atomic E-state index is 10.3. The number of hydrogen-bond acceptors (Lipinski definition) is 3. The Bertz CT molecular complexity index is 116. The highest BCUT2D eigenvalue weighted by molar-refractivity contribution is 6.20. The van der Waals surface area contributed by atoms with E-state index in [0.717, 1.165) is 0 Å². The Morgan fingerprint density at radius 2 is 2.44 bits per heavy atom. The van der Waals surface area contributed by atoms with Crippen LogP contribution in [0.15, 0.2) is 0 Å². The van der Waals surface area contributed by atoms with Crippen molar-refractivity contribution in [1.82, 2.24) is 4.42 Å². The Morgan fingerprint density at radius 1 is 1.89 bits per heavy atom. The van der Waals surface area contributed by atoms with E-state index in [1.807, 2.05) is 0 Å². The Balaban J connectivity index is 3.58. The molecule has 0 aromatic rings. The highest BCUT2D eigenvalue weighted by atomic mass is 35.5. The van der Waals surface area contributed by atoms with E-state index in [4.69, 9.17) is 11.8 Å². The van der Waals surface area contributed by atoms with Crippen molar-refractivity contribution in [3.05, 3.63) is 0 Å². The van der Waals surface area contributed by atoms with Crippen molar-refractivity contribution in [1.29, 1.82) is 0 Å². The summed E-state index contributed by atoms with van der Waals surface area (Å²) in [7, 11) is 1.18. The van der Waals surface area contributed by atoms with E-state index < -0.39 is 6.09 Å². The van der Waals surface area contributed by atoms with Gasteiger partial charge in [-0.15, -0.1) is 0 Å². The van der Waals surface area contributed by atoms with E-state index in [9.17, 15) is 9.59 Å². The van der Waals surface area contributed by atoms with Crippen LogP contribution in [0.5, 0.6) is 0 Å². The average molecular weight is 152 g/mol. The molecule has 0 saturated carbocycles. The molecule has 0 aliphatic rings. The lowest BCUT2D eigenvalue weighted by molar-refractivity contribution is -0.107. The highest BCUT2D eigenvalue weighted by Gasteiger charge is 2.07. The Hall–Kier alpha value is -0.770. The summed E-state index contributed by atoms with van der Waals surface area (Å²) in [5.41, 5.74) is 0. The summed E-state index contributed by atoms with van der Waals surface area (Å²) in [6.45, 7) is -0.159. The highest BCUT2D eigenvalue weighted by Crippen LogP contribution is 1.93. The first-order valence-electron chi connectivity index (χ1n) is 2.17. The summed E-state index contributed by atoms with van der Waals surface area (Å²) in [6, 6.07) is 0. The fourth-order valence-corrected chi connectivity index (χ4v) is 0.364. The first kappa shape index (κ1) is 8.23. The fourth-order valence-electron chi connectivity index (χ4n) is 0.239. The van der Waals surface area contributed by atoms with Crippen LogP contribution in [0.25, 0.3) is 0 Å². The third-order valence-corrected chi connectivity index (χ3v) is 0.884. The Labute approximate surface area is 57.4 Å². The molecule has 0 radical (unpaired) electrons. The average Bonchev–Trinajstić information content (AvgIpc) is 1.87. The van der Waals surface area contributed by atoms with Crippen LogP contribution in [0, 0.1) is 0 Å². The van der Waals surface area contributed by atoms with Crippen LogP contribution >= 0.6 is 11.8 Å². The molecule has 52 valence electrons. The number of methoxy groups -OCH3 is 1. The Morgan fingerprint density at radius 3 is 2.78 bits per heavy atom. The maximum Gasteiger partial charge on any atom is 0.424 e. The summed E-state index contributed by atoms with van der Waals surface area (Å²) in [5, 5.41) is 0. The summed E-state index contributed by atoms with van der Waals surface area (Å²) >= 11 is 5.16. The summed E-state index contributed by atoms with van der Waals surface area (Å²) < 4.78 is 4.81. The van der Waals surface area contributed by atoms with E-state index in [1.165, 1.54) is 7.11 Å². The second-order valence-electron chi connectivity index (χ2n) is 1.18. The first-order valence-corrected chi connectivity index (χ1v) is 2.51. The maximum absolute atomic E-state index is 10.3. The van der Waals surface area contributed by atoms with Crippen molar-refractivity contribution >= 4 is 24.2 Å². The lowest BCUT2D eigenvalue weighted by Crippen LogP contribution is -2.22. The fraction of sp³-hybridized carbons (Fsp3) is 0.500. The lowest BCUT2D eigenvalue weighted by atomic mass is 10.7. The molecule has 0 bridgehead atoms. The van der Waals surface area contributed by atoms with Crippen molar-refractivity contribution in [3.8, 4) is 0 Å². The van der Waals surface area contributed by atoms with Crippen LogP contribution in [0.1, 0.15) is 0 Å². The predicted molar refractivity (Wildman–Crippen MR) is 31.0 cm³/mol. The molecule has 0 fully saturated rings. The van der Waals surface area contributed by atoms with E-state index in [0.29, 0.717) is 10.7 Å². The van der Waals surface area contributed by atoms with E-state index in [2.05, 4.69) is 4.74 Å². The van der Waals surface area contributed by atoms with Gasteiger partial charge in [-0.1, -0.05) is 0 Å². The van der Waals surface area contributed by atoms with E-state index in [-0.39, 0.29) is 6.54 Å². The molecular formula is C4H6ClNO3. The molecule has 0 unspecified atom stereocenters. The molecule has 0 saturated heterocycles. The number of rotatable bonds is 2. The molecule has 0 aliphatic heterocycles. The first-order chi connectivity index (χ1) is 4.22. The minimum atomic E-state index is -0.733. The second kappa shape index (κ2) is 4.14. The number of carbonyl (C=O) groups is 2. The van der Waals surface area contributed by atoms with Gasteiger partial charge in [-0.2, -0.15) is 0 Å². The molecule has 0 atom stereocenters. The molecule has 0 spiro atoms. The van der Waals surface area contributed by atoms with Crippen LogP contribution < -0.4 is 0 Å². The molecule has 5 heteroatoms. The van der Waals surface area contributed by atoms with Crippen molar-refractivity contribution in [2.45, 2.75) is 0 Å². The topological polar surface area (TPSA) is 46.6 Å². The van der Waals surface area contributed by atoms with Crippen LogP contribution in [0.2, 0.25) is 0 Å². The third-order valence-electron chi connectivity index (χ3n) is 0.608. The van der Waals surface area contributed by atoms with Gasteiger partial charge in [-0.25, -0.2) is 9.21 Å². The van der Waals surface area contributed by atoms with E-state index >= 15 is 0 Å². The van der Waals surface area contributed by atoms with Gasteiger partial charge in [0.25, 0.3) is 0 Å². The molecule has 0 N–H and O–H groups in total. The summed E-state index contributed by atoms with van der Waals surface area (Å²) in [5.74, 6) is 0. The second-order valence-corrected chi connectivity index (χ2v) is 1.59. The van der Waals surface area contributed by atoms with Crippen LogP contribution in [-0.2, 0) is 9.53 Å². The van der Waals surface area contributed by atoms with Gasteiger partial charge in [0.2, 0.25) is 0 Å². The van der Waals surface area contributed by atoms with Crippen LogP contribution in [0.3, 0.4) is 0 Å².